The third-order valence-electron chi connectivity index (χ3n) is 4.44. The topological polar surface area (TPSA) is 58.2 Å². The van der Waals surface area contributed by atoms with Crippen molar-refractivity contribution in [1.82, 2.24) is 5.32 Å². The fourth-order valence-corrected chi connectivity index (χ4v) is 3.11. The summed E-state index contributed by atoms with van der Waals surface area (Å²) in [4.78, 5) is 23.9. The summed E-state index contributed by atoms with van der Waals surface area (Å²) in [6.45, 7) is 3.87. The number of alkyl halides is 1. The van der Waals surface area contributed by atoms with Crippen LogP contribution in [-0.2, 0) is 15.0 Å². The first kappa shape index (κ1) is 16.5. The van der Waals surface area contributed by atoms with Gasteiger partial charge in [0, 0.05) is 5.69 Å². The molecular formula is C19H19ClN2O2. The molecule has 2 amide bonds. The molecular weight excluding hydrogens is 324 g/mol. The minimum Gasteiger partial charge on any atom is -0.344 e. The molecule has 124 valence electrons. The van der Waals surface area contributed by atoms with E-state index >= 15 is 0 Å². The molecule has 24 heavy (non-hydrogen) atoms. The van der Waals surface area contributed by atoms with Crippen LogP contribution in [0.1, 0.15) is 36.6 Å². The van der Waals surface area contributed by atoms with Crippen molar-refractivity contribution >= 4 is 29.1 Å². The van der Waals surface area contributed by atoms with E-state index in [2.05, 4.69) is 10.6 Å². The molecule has 0 aliphatic carbocycles. The lowest BCUT2D eigenvalue weighted by Gasteiger charge is -2.37. The summed E-state index contributed by atoms with van der Waals surface area (Å²) in [6, 6.07) is 15.2. The first-order valence-corrected chi connectivity index (χ1v) is 8.33. The van der Waals surface area contributed by atoms with Crippen molar-refractivity contribution in [3.8, 4) is 0 Å². The van der Waals surface area contributed by atoms with E-state index in [1.807, 2.05) is 62.4 Å². The third kappa shape index (κ3) is 2.89. The van der Waals surface area contributed by atoms with Crippen LogP contribution in [0.3, 0.4) is 0 Å². The van der Waals surface area contributed by atoms with Gasteiger partial charge < -0.3 is 10.6 Å². The maximum absolute atomic E-state index is 12.5. The number of carbonyl (C=O) groups is 2. The zero-order valence-electron chi connectivity index (χ0n) is 13.6. The highest BCUT2D eigenvalue weighted by Crippen LogP contribution is 2.38. The molecule has 4 nitrogen and oxygen atoms in total. The first-order valence-electron chi connectivity index (χ1n) is 7.79. The monoisotopic (exact) mass is 342 g/mol. The second kappa shape index (κ2) is 6.29. The van der Waals surface area contributed by atoms with Gasteiger partial charge in [-0.2, -0.15) is 0 Å². The van der Waals surface area contributed by atoms with Crippen LogP contribution < -0.4 is 10.6 Å². The Morgan fingerprint density at radius 3 is 2.50 bits per heavy atom. The predicted molar refractivity (Wildman–Crippen MR) is 95.2 cm³/mol. The number of amides is 2. The van der Waals surface area contributed by atoms with Crippen molar-refractivity contribution in [2.75, 3.05) is 11.2 Å². The number of benzene rings is 2. The van der Waals surface area contributed by atoms with Gasteiger partial charge in [0.2, 0.25) is 11.8 Å². The molecule has 0 spiro atoms. The van der Waals surface area contributed by atoms with Crippen LogP contribution >= 0.6 is 11.6 Å². The third-order valence-corrected chi connectivity index (χ3v) is 4.68. The van der Waals surface area contributed by atoms with E-state index in [9.17, 15) is 9.59 Å². The lowest BCUT2D eigenvalue weighted by Crippen LogP contribution is -2.47. The van der Waals surface area contributed by atoms with Crippen molar-refractivity contribution in [2.45, 2.75) is 25.3 Å². The van der Waals surface area contributed by atoms with E-state index in [0.717, 1.165) is 16.7 Å². The highest BCUT2D eigenvalue weighted by atomic mass is 35.5. The van der Waals surface area contributed by atoms with Gasteiger partial charge >= 0.3 is 0 Å². The Hall–Kier alpha value is -2.33. The lowest BCUT2D eigenvalue weighted by molar-refractivity contribution is -0.127. The molecule has 1 aliphatic rings. The van der Waals surface area contributed by atoms with E-state index in [0.29, 0.717) is 5.69 Å². The predicted octanol–water partition coefficient (Wildman–Crippen LogP) is 3.36. The summed E-state index contributed by atoms with van der Waals surface area (Å²) in [6.07, 6.45) is 0. The lowest BCUT2D eigenvalue weighted by atomic mass is 9.75. The molecule has 1 aliphatic heterocycles. The average Bonchev–Trinajstić information content (AvgIpc) is 2.59. The molecule has 3 rings (SSSR count). The molecule has 0 saturated heterocycles. The number of nitrogens with one attached hydrogen (secondary N) is 2. The number of carbonyl (C=O) groups excluding carboxylic acids is 2. The van der Waals surface area contributed by atoms with Crippen molar-refractivity contribution in [3.05, 3.63) is 65.2 Å². The summed E-state index contributed by atoms with van der Waals surface area (Å²) >= 11 is 5.49. The normalized spacial score (nSPS) is 18.5. The minimum absolute atomic E-state index is 0.00530. The average molecular weight is 343 g/mol. The van der Waals surface area contributed by atoms with Crippen molar-refractivity contribution < 1.29 is 9.59 Å². The molecule has 2 N–H and O–H groups in total. The van der Waals surface area contributed by atoms with Crippen LogP contribution in [0.2, 0.25) is 0 Å². The summed E-state index contributed by atoms with van der Waals surface area (Å²) in [5.74, 6) is -0.323. The molecule has 0 fully saturated rings. The molecule has 0 radical (unpaired) electrons. The molecule has 1 atom stereocenters. The number of rotatable bonds is 3. The smallest absolute Gasteiger partial charge is 0.239 e. The van der Waals surface area contributed by atoms with E-state index in [4.69, 9.17) is 11.6 Å². The fraction of sp³-hybridized carbons (Fsp3) is 0.263. The highest BCUT2D eigenvalue weighted by Gasteiger charge is 2.39. The Kier molecular flexibility index (Phi) is 4.33. The van der Waals surface area contributed by atoms with Gasteiger partial charge in [0.15, 0.2) is 0 Å². The molecule has 1 unspecified atom stereocenters. The second-order valence-corrected chi connectivity index (χ2v) is 6.69. The van der Waals surface area contributed by atoms with E-state index in [1.54, 1.807) is 0 Å². The zero-order chi connectivity index (χ0) is 17.3. The molecule has 5 heteroatoms. The standard InChI is InChI=1S/C19H19ClN2O2/c1-19(2)15-6-4-3-5-14(15)17(22-18(19)24)12-7-9-13(10-8-12)21-16(23)11-20/h3-10,17H,11H2,1-2H3,(H,21,23)(H,22,24). The minimum atomic E-state index is -0.554. The second-order valence-electron chi connectivity index (χ2n) is 6.42. The number of hydrogen-bond acceptors (Lipinski definition) is 2. The maximum atomic E-state index is 12.5. The van der Waals surface area contributed by atoms with Crippen LogP contribution in [0.4, 0.5) is 5.69 Å². The zero-order valence-corrected chi connectivity index (χ0v) is 14.4. The molecule has 0 aromatic heterocycles. The highest BCUT2D eigenvalue weighted by molar-refractivity contribution is 6.29. The SMILES string of the molecule is CC1(C)C(=O)NC(c2ccc(NC(=O)CCl)cc2)c2ccccc21. The van der Waals surface area contributed by atoms with Gasteiger partial charge in [-0.3, -0.25) is 9.59 Å². The largest absolute Gasteiger partial charge is 0.344 e. The number of fused-ring (bicyclic) bond motifs is 1. The van der Waals surface area contributed by atoms with Crippen LogP contribution in [0.5, 0.6) is 0 Å². The Labute approximate surface area is 146 Å². The van der Waals surface area contributed by atoms with Crippen molar-refractivity contribution in [3.63, 3.8) is 0 Å². The van der Waals surface area contributed by atoms with Crippen LogP contribution in [0.25, 0.3) is 0 Å². The van der Waals surface area contributed by atoms with Gasteiger partial charge in [-0.1, -0.05) is 36.4 Å². The van der Waals surface area contributed by atoms with Gasteiger partial charge in [0.1, 0.15) is 5.88 Å². The van der Waals surface area contributed by atoms with E-state index in [-0.39, 0.29) is 23.7 Å². The number of halogens is 1. The van der Waals surface area contributed by atoms with Gasteiger partial charge in [-0.25, -0.2) is 0 Å². The fourth-order valence-electron chi connectivity index (χ4n) is 3.05. The number of hydrogen-bond donors (Lipinski definition) is 2. The summed E-state index contributed by atoms with van der Waals surface area (Å²) in [5, 5.41) is 5.81. The Morgan fingerprint density at radius 1 is 1.17 bits per heavy atom. The van der Waals surface area contributed by atoms with Gasteiger partial charge in [-0.15, -0.1) is 11.6 Å². The van der Waals surface area contributed by atoms with Gasteiger partial charge in [0.05, 0.1) is 11.5 Å². The van der Waals surface area contributed by atoms with Crippen LogP contribution in [-0.4, -0.2) is 17.7 Å². The molecule has 2 aromatic rings. The summed E-state index contributed by atoms with van der Waals surface area (Å²) in [7, 11) is 0. The van der Waals surface area contributed by atoms with Crippen molar-refractivity contribution in [2.24, 2.45) is 0 Å². The molecule has 2 aromatic carbocycles. The quantitative estimate of drug-likeness (QED) is 0.840. The van der Waals surface area contributed by atoms with Crippen LogP contribution in [0, 0.1) is 0 Å². The Bertz CT molecular complexity index is 784. The van der Waals surface area contributed by atoms with E-state index < -0.39 is 5.41 Å². The Morgan fingerprint density at radius 2 is 1.83 bits per heavy atom. The molecule has 1 heterocycles. The first-order chi connectivity index (χ1) is 11.4. The van der Waals surface area contributed by atoms with Gasteiger partial charge in [0.25, 0.3) is 0 Å². The number of anilines is 1. The van der Waals surface area contributed by atoms with Crippen molar-refractivity contribution in [1.29, 1.82) is 0 Å². The maximum Gasteiger partial charge on any atom is 0.239 e. The molecule has 0 bridgehead atoms. The Balaban J connectivity index is 1.95. The van der Waals surface area contributed by atoms with Crippen LogP contribution in [0.15, 0.2) is 48.5 Å². The van der Waals surface area contributed by atoms with Gasteiger partial charge in [-0.05, 0) is 42.7 Å². The van der Waals surface area contributed by atoms with E-state index in [1.165, 1.54) is 0 Å². The summed E-state index contributed by atoms with van der Waals surface area (Å²) < 4.78 is 0. The molecule has 0 saturated carbocycles. The summed E-state index contributed by atoms with van der Waals surface area (Å²) in [5.41, 5.74) is 3.23.